The maximum Gasteiger partial charge on any atom is 0.330 e. The molecule has 0 saturated heterocycles. The molecule has 1 amide bonds. The second-order valence-electron chi connectivity index (χ2n) is 5.67. The van der Waals surface area contributed by atoms with E-state index in [0.29, 0.717) is 0 Å². The molecule has 24 heavy (non-hydrogen) atoms. The molecule has 5 N–H and O–H groups in total. The van der Waals surface area contributed by atoms with Gasteiger partial charge in [-0.3, -0.25) is 19.1 Å². The molecule has 0 unspecified atom stereocenters. The van der Waals surface area contributed by atoms with E-state index in [9.17, 15) is 14.4 Å². The lowest BCUT2D eigenvalue weighted by Gasteiger charge is -2.14. The van der Waals surface area contributed by atoms with Crippen molar-refractivity contribution >= 4 is 17.4 Å². The Kier molecular flexibility index (Phi) is 5.41. The lowest BCUT2D eigenvalue weighted by Crippen LogP contribution is -2.38. The van der Waals surface area contributed by atoms with Crippen LogP contribution in [0.1, 0.15) is 19.4 Å². The first kappa shape index (κ1) is 17.3. The lowest BCUT2D eigenvalue weighted by atomic mass is 10.2. The quantitative estimate of drug-likeness (QED) is 0.598. The van der Waals surface area contributed by atoms with Crippen LogP contribution in [0.2, 0.25) is 0 Å². The predicted molar refractivity (Wildman–Crippen MR) is 93.0 cm³/mol. The number of nitrogens with zero attached hydrogens (tertiary/aromatic N) is 1. The van der Waals surface area contributed by atoms with E-state index in [1.165, 1.54) is 4.57 Å². The summed E-state index contributed by atoms with van der Waals surface area (Å²) in [6, 6.07) is 9.24. The average Bonchev–Trinajstić information content (AvgIpc) is 2.51. The zero-order valence-electron chi connectivity index (χ0n) is 13.6. The van der Waals surface area contributed by atoms with E-state index < -0.39 is 11.2 Å². The van der Waals surface area contributed by atoms with E-state index in [2.05, 4.69) is 15.6 Å². The summed E-state index contributed by atoms with van der Waals surface area (Å²) in [6.45, 7) is 3.77. The number of anilines is 2. The Bertz CT molecular complexity index is 824. The van der Waals surface area contributed by atoms with Gasteiger partial charge >= 0.3 is 5.69 Å². The largest absolute Gasteiger partial charge is 0.383 e. The molecule has 0 aliphatic rings. The van der Waals surface area contributed by atoms with Crippen molar-refractivity contribution in [3.05, 3.63) is 56.7 Å². The summed E-state index contributed by atoms with van der Waals surface area (Å²) >= 11 is 0. The number of nitrogen functional groups attached to an aromatic ring is 1. The molecular formula is C16H21N5O3. The van der Waals surface area contributed by atoms with Crippen LogP contribution in [0.25, 0.3) is 0 Å². The molecule has 8 heteroatoms. The fourth-order valence-corrected chi connectivity index (χ4v) is 2.22. The number of carbonyl (C=O) groups is 1. The number of hydrogen-bond acceptors (Lipinski definition) is 5. The maximum absolute atomic E-state index is 12.0. The molecular weight excluding hydrogens is 310 g/mol. The number of aromatic amines is 1. The van der Waals surface area contributed by atoms with Gasteiger partial charge in [-0.2, -0.15) is 0 Å². The number of amides is 1. The van der Waals surface area contributed by atoms with Crippen molar-refractivity contribution in [2.45, 2.75) is 26.4 Å². The molecule has 0 aliphatic carbocycles. The highest BCUT2D eigenvalue weighted by Crippen LogP contribution is 2.11. The smallest absolute Gasteiger partial charge is 0.330 e. The monoisotopic (exact) mass is 331 g/mol. The Morgan fingerprint density at radius 3 is 2.54 bits per heavy atom. The van der Waals surface area contributed by atoms with Crippen LogP contribution in [0.4, 0.5) is 11.5 Å². The van der Waals surface area contributed by atoms with Gasteiger partial charge < -0.3 is 16.4 Å². The standard InChI is InChI=1S/C16H21N5O3/c1-10(2)19-12(22)8-18-13-14(17)21(16(24)20-15(13)23)9-11-6-4-3-5-7-11/h3-7,10,18H,8-9,17H2,1-2H3,(H,19,22)(H,20,23,24). The van der Waals surface area contributed by atoms with Crippen LogP contribution < -0.4 is 27.6 Å². The summed E-state index contributed by atoms with van der Waals surface area (Å²) < 4.78 is 1.25. The van der Waals surface area contributed by atoms with E-state index in [0.717, 1.165) is 5.56 Å². The highest BCUT2D eigenvalue weighted by atomic mass is 16.2. The number of hydrogen-bond donors (Lipinski definition) is 4. The molecule has 0 bridgehead atoms. The van der Waals surface area contributed by atoms with E-state index in [4.69, 9.17) is 5.73 Å². The number of carbonyl (C=O) groups excluding carboxylic acids is 1. The van der Waals surface area contributed by atoms with Gasteiger partial charge in [0.15, 0.2) is 0 Å². The molecule has 1 aromatic carbocycles. The Hall–Kier alpha value is -3.03. The van der Waals surface area contributed by atoms with Gasteiger partial charge in [0.2, 0.25) is 5.91 Å². The van der Waals surface area contributed by atoms with Gasteiger partial charge in [-0.05, 0) is 19.4 Å². The summed E-state index contributed by atoms with van der Waals surface area (Å²) in [5.74, 6) is -0.283. The maximum atomic E-state index is 12.0. The van der Waals surface area contributed by atoms with Gasteiger partial charge in [-0.25, -0.2) is 4.79 Å². The Balaban J connectivity index is 2.26. The first-order chi connectivity index (χ1) is 11.4. The molecule has 0 spiro atoms. The highest BCUT2D eigenvalue weighted by molar-refractivity contribution is 5.81. The zero-order chi connectivity index (χ0) is 17.7. The van der Waals surface area contributed by atoms with Crippen LogP contribution >= 0.6 is 0 Å². The molecule has 0 aliphatic heterocycles. The number of nitrogens with one attached hydrogen (secondary N) is 3. The molecule has 8 nitrogen and oxygen atoms in total. The van der Waals surface area contributed by atoms with Gasteiger partial charge in [-0.15, -0.1) is 0 Å². The van der Waals surface area contributed by atoms with Crippen LogP contribution in [0.15, 0.2) is 39.9 Å². The Morgan fingerprint density at radius 2 is 1.92 bits per heavy atom. The second-order valence-corrected chi connectivity index (χ2v) is 5.67. The first-order valence-corrected chi connectivity index (χ1v) is 7.58. The third kappa shape index (κ3) is 4.25. The summed E-state index contributed by atoms with van der Waals surface area (Å²) in [4.78, 5) is 37.9. The Labute approximate surface area is 138 Å². The molecule has 1 aromatic heterocycles. The van der Waals surface area contributed by atoms with E-state index in [1.54, 1.807) is 0 Å². The predicted octanol–water partition coefficient (Wildman–Crippen LogP) is 0.104. The molecule has 128 valence electrons. The molecule has 0 atom stereocenters. The van der Waals surface area contributed by atoms with Gasteiger partial charge in [0, 0.05) is 6.04 Å². The summed E-state index contributed by atoms with van der Waals surface area (Å²) in [6.07, 6.45) is 0. The number of aromatic nitrogens is 2. The third-order valence-electron chi connectivity index (χ3n) is 3.30. The van der Waals surface area contributed by atoms with Gasteiger partial charge in [0.25, 0.3) is 5.56 Å². The number of benzene rings is 1. The fraction of sp³-hybridized carbons (Fsp3) is 0.312. The van der Waals surface area contributed by atoms with Gasteiger partial charge in [0.1, 0.15) is 11.5 Å². The molecule has 1 heterocycles. The van der Waals surface area contributed by atoms with Crippen molar-refractivity contribution in [1.29, 1.82) is 0 Å². The Morgan fingerprint density at radius 1 is 1.25 bits per heavy atom. The van der Waals surface area contributed by atoms with Crippen LogP contribution in [0, 0.1) is 0 Å². The normalized spacial score (nSPS) is 10.6. The first-order valence-electron chi connectivity index (χ1n) is 7.58. The summed E-state index contributed by atoms with van der Waals surface area (Å²) in [7, 11) is 0. The molecule has 2 rings (SSSR count). The lowest BCUT2D eigenvalue weighted by molar-refractivity contribution is -0.119. The van der Waals surface area contributed by atoms with Crippen LogP contribution in [0.3, 0.4) is 0 Å². The summed E-state index contributed by atoms with van der Waals surface area (Å²) in [5, 5.41) is 5.39. The minimum absolute atomic E-state index is 0.00411. The number of H-pyrrole nitrogens is 1. The molecule has 0 radical (unpaired) electrons. The van der Waals surface area contributed by atoms with Crippen LogP contribution in [-0.2, 0) is 11.3 Å². The SMILES string of the molecule is CC(C)NC(=O)CNc1c(N)n(Cc2ccccc2)c(=O)[nH]c1=O. The zero-order valence-corrected chi connectivity index (χ0v) is 13.6. The fourth-order valence-electron chi connectivity index (χ4n) is 2.22. The van der Waals surface area contributed by atoms with Crippen LogP contribution in [0.5, 0.6) is 0 Å². The van der Waals surface area contributed by atoms with Gasteiger partial charge in [0.05, 0.1) is 13.1 Å². The average molecular weight is 331 g/mol. The topological polar surface area (TPSA) is 122 Å². The van der Waals surface area contributed by atoms with Crippen LogP contribution in [-0.4, -0.2) is 28.0 Å². The third-order valence-corrected chi connectivity index (χ3v) is 3.30. The number of nitrogens with two attached hydrogens (primary N) is 1. The molecule has 0 saturated carbocycles. The van der Waals surface area contributed by atoms with Crippen molar-refractivity contribution in [2.75, 3.05) is 17.6 Å². The minimum atomic E-state index is -0.654. The van der Waals surface area contributed by atoms with E-state index in [1.807, 2.05) is 44.2 Å². The molecule has 2 aromatic rings. The van der Waals surface area contributed by atoms with Crippen molar-refractivity contribution in [3.63, 3.8) is 0 Å². The minimum Gasteiger partial charge on any atom is -0.383 e. The molecule has 0 fully saturated rings. The van der Waals surface area contributed by atoms with Crippen molar-refractivity contribution in [3.8, 4) is 0 Å². The van der Waals surface area contributed by atoms with Crippen molar-refractivity contribution < 1.29 is 4.79 Å². The number of rotatable bonds is 6. The highest BCUT2D eigenvalue weighted by Gasteiger charge is 2.13. The van der Waals surface area contributed by atoms with E-state index in [-0.39, 0.29) is 36.5 Å². The second kappa shape index (κ2) is 7.49. The van der Waals surface area contributed by atoms with E-state index >= 15 is 0 Å². The van der Waals surface area contributed by atoms with Crippen molar-refractivity contribution in [1.82, 2.24) is 14.9 Å². The van der Waals surface area contributed by atoms with Crippen molar-refractivity contribution in [2.24, 2.45) is 0 Å². The van der Waals surface area contributed by atoms with Gasteiger partial charge in [-0.1, -0.05) is 30.3 Å². The summed E-state index contributed by atoms with van der Waals surface area (Å²) in [5.41, 5.74) is 5.58.